The zero-order valence-electron chi connectivity index (χ0n) is 36.1. The summed E-state index contributed by atoms with van der Waals surface area (Å²) >= 11 is 0. The van der Waals surface area contributed by atoms with Gasteiger partial charge in [-0.2, -0.15) is 0 Å². The third-order valence-electron chi connectivity index (χ3n) is 9.27. The van der Waals surface area contributed by atoms with E-state index in [2.05, 4.69) is 180 Å². The Morgan fingerprint density at radius 1 is 0.356 bits per heavy atom. The Morgan fingerprint density at radius 3 is 0.689 bits per heavy atom. The SMILES string of the molecule is CB(C(C)C)C(C)C.CC(C)=C(B(C(C)C)C(C)C)C(C)C.CC(C)=C(C(=C(C)C)C(C)C)C(C)C.CC(C)=C(C)C(C)C.[Pd]. The summed E-state index contributed by atoms with van der Waals surface area (Å²) in [6.45, 7) is 60.6. The van der Waals surface area contributed by atoms with Gasteiger partial charge in [0, 0.05) is 20.4 Å². The second-order valence-electron chi connectivity index (χ2n) is 16.9. The molecule has 0 aromatic carbocycles. The standard InChI is InChI=1S/C14H26.C13H27B.C8H16.C7H17B.Pd/c2*1-9(2)13(10(3)4)14(11(5)6)12(7)8;2*1-6(2)8(5)7(3)4;/h9,11H,1-8H3;9,11-12H,1-8H3;6H,1-5H3;6-7H,1-5H3;. The normalized spacial score (nSPS) is 10.5. The van der Waals surface area contributed by atoms with Crippen LogP contribution in [-0.2, 0) is 20.4 Å². The zero-order valence-corrected chi connectivity index (χ0v) is 37.6. The number of allylic oxidation sites excluding steroid dienone is 8. The fourth-order valence-corrected chi connectivity index (χ4v) is 6.45. The molecule has 45 heavy (non-hydrogen) atoms. The molecule has 0 atom stereocenters. The minimum absolute atomic E-state index is 0. The van der Waals surface area contributed by atoms with Gasteiger partial charge in [-0.25, -0.2) is 0 Å². The Balaban J connectivity index is -0.000000162. The van der Waals surface area contributed by atoms with Crippen LogP contribution in [0.15, 0.2) is 44.5 Å². The van der Waals surface area contributed by atoms with Crippen molar-refractivity contribution in [2.45, 2.75) is 203 Å². The van der Waals surface area contributed by atoms with Gasteiger partial charge < -0.3 is 0 Å². The van der Waals surface area contributed by atoms with E-state index >= 15 is 0 Å². The molecule has 3 heteroatoms. The van der Waals surface area contributed by atoms with Crippen LogP contribution in [0.3, 0.4) is 0 Å². The summed E-state index contributed by atoms with van der Waals surface area (Å²) in [7, 11) is 0. The smallest absolute Gasteiger partial charge is 0.0994 e. The summed E-state index contributed by atoms with van der Waals surface area (Å²) in [5, 5.41) is 0. The van der Waals surface area contributed by atoms with E-state index in [4.69, 9.17) is 0 Å². The van der Waals surface area contributed by atoms with Crippen molar-refractivity contribution in [2.75, 3.05) is 0 Å². The Bertz CT molecular complexity index is 830. The second-order valence-corrected chi connectivity index (χ2v) is 16.9. The molecule has 0 aromatic rings. The van der Waals surface area contributed by atoms with Crippen LogP contribution in [0.25, 0.3) is 0 Å². The van der Waals surface area contributed by atoms with Crippen molar-refractivity contribution in [3.05, 3.63) is 44.5 Å². The molecule has 0 aliphatic heterocycles. The fourth-order valence-electron chi connectivity index (χ4n) is 6.45. The van der Waals surface area contributed by atoms with Gasteiger partial charge in [-0.05, 0) is 97.1 Å². The summed E-state index contributed by atoms with van der Waals surface area (Å²) in [4.78, 5) is 0. The second kappa shape index (κ2) is 27.7. The number of hydrogen-bond acceptors (Lipinski definition) is 0. The van der Waals surface area contributed by atoms with Crippen molar-refractivity contribution in [3.8, 4) is 0 Å². The van der Waals surface area contributed by atoms with Crippen LogP contribution in [0.4, 0.5) is 0 Å². The third-order valence-corrected chi connectivity index (χ3v) is 9.27. The van der Waals surface area contributed by atoms with Crippen molar-refractivity contribution in [1.82, 2.24) is 0 Å². The molecule has 0 aliphatic rings. The van der Waals surface area contributed by atoms with Crippen LogP contribution in [0.1, 0.15) is 173 Å². The average molecular weight is 719 g/mol. The molecule has 0 rings (SSSR count). The van der Waals surface area contributed by atoms with Crippen molar-refractivity contribution < 1.29 is 20.4 Å². The molecule has 0 heterocycles. The van der Waals surface area contributed by atoms with Crippen molar-refractivity contribution in [2.24, 2.45) is 23.7 Å². The fraction of sp³-hybridized carbons (Fsp3) is 0.810. The van der Waals surface area contributed by atoms with Gasteiger partial charge in [-0.3, -0.25) is 0 Å². The van der Waals surface area contributed by atoms with Gasteiger partial charge >= 0.3 is 0 Å². The maximum absolute atomic E-state index is 2.34. The molecule has 0 unspecified atom stereocenters. The first kappa shape index (κ1) is 54.2. The van der Waals surface area contributed by atoms with Crippen LogP contribution < -0.4 is 0 Å². The molecular weight excluding hydrogens is 633 g/mol. The number of hydrogen-bond donors (Lipinski definition) is 0. The monoisotopic (exact) mass is 719 g/mol. The Labute approximate surface area is 303 Å². The summed E-state index contributed by atoms with van der Waals surface area (Å²) in [5.74, 6) is 5.86. The molecule has 0 amide bonds. The molecule has 0 saturated carbocycles. The van der Waals surface area contributed by atoms with E-state index < -0.39 is 0 Å². The first-order valence-corrected chi connectivity index (χ1v) is 18.3. The summed E-state index contributed by atoms with van der Waals surface area (Å²) < 4.78 is 0. The predicted molar refractivity (Wildman–Crippen MR) is 216 cm³/mol. The van der Waals surface area contributed by atoms with Gasteiger partial charge in [0.1, 0.15) is 6.71 Å². The van der Waals surface area contributed by atoms with Crippen LogP contribution in [0.5, 0.6) is 0 Å². The zero-order chi connectivity index (χ0) is 36.4. The van der Waals surface area contributed by atoms with Gasteiger partial charge in [0.05, 0.1) is 0 Å². The molecule has 0 aliphatic carbocycles. The first-order valence-electron chi connectivity index (χ1n) is 18.3. The van der Waals surface area contributed by atoms with Gasteiger partial charge in [-0.15, -0.1) is 0 Å². The average Bonchev–Trinajstić information content (AvgIpc) is 2.83. The van der Waals surface area contributed by atoms with Crippen LogP contribution in [0.2, 0.25) is 30.1 Å². The molecule has 270 valence electrons. The summed E-state index contributed by atoms with van der Waals surface area (Å²) in [6, 6.07) is 0. The minimum Gasteiger partial charge on any atom is -0.0994 e. The molecule has 0 saturated heterocycles. The van der Waals surface area contributed by atoms with E-state index in [1.165, 1.54) is 27.9 Å². The van der Waals surface area contributed by atoms with E-state index in [-0.39, 0.29) is 20.4 Å². The largest absolute Gasteiger partial charge is 0.176 e. The molecule has 0 bridgehead atoms. The minimum atomic E-state index is 0. The van der Waals surface area contributed by atoms with E-state index in [0.717, 1.165) is 42.6 Å². The van der Waals surface area contributed by atoms with Gasteiger partial charge in [0.15, 0.2) is 6.71 Å². The number of rotatable bonds is 10. The predicted octanol–water partition coefficient (Wildman–Crippen LogP) is 15.7. The topological polar surface area (TPSA) is 0 Å². The van der Waals surface area contributed by atoms with Gasteiger partial charge in [-0.1, -0.05) is 174 Å². The van der Waals surface area contributed by atoms with Crippen molar-refractivity contribution in [3.63, 3.8) is 0 Å². The van der Waals surface area contributed by atoms with E-state index in [0.29, 0.717) is 17.8 Å². The summed E-state index contributed by atoms with van der Waals surface area (Å²) in [6.07, 6.45) is 0. The molecule has 0 spiro atoms. The van der Waals surface area contributed by atoms with Crippen LogP contribution >= 0.6 is 0 Å². The van der Waals surface area contributed by atoms with E-state index in [1.807, 2.05) is 0 Å². The molecule has 0 aromatic heterocycles. The third kappa shape index (κ3) is 24.5. The molecule has 0 nitrogen and oxygen atoms in total. The Hall–Kier alpha value is -0.248. The molecule has 0 radical (unpaired) electrons. The van der Waals surface area contributed by atoms with Crippen LogP contribution in [-0.4, -0.2) is 13.4 Å². The van der Waals surface area contributed by atoms with Gasteiger partial charge in [0.25, 0.3) is 0 Å². The van der Waals surface area contributed by atoms with Crippen molar-refractivity contribution >= 4 is 13.4 Å². The quantitative estimate of drug-likeness (QED) is 0.120. The Morgan fingerprint density at radius 2 is 0.644 bits per heavy atom. The molecule has 0 N–H and O–H groups in total. The van der Waals surface area contributed by atoms with Crippen molar-refractivity contribution in [1.29, 1.82) is 0 Å². The van der Waals surface area contributed by atoms with Gasteiger partial charge in [0.2, 0.25) is 0 Å². The Kier molecular flexibility index (Phi) is 33.3. The summed E-state index contributed by atoms with van der Waals surface area (Å²) in [5.41, 5.74) is 12.2. The van der Waals surface area contributed by atoms with E-state index in [1.54, 1.807) is 16.6 Å². The maximum Gasteiger partial charge on any atom is 0.176 e. The molecular formula is C42H86B2Pd. The first-order chi connectivity index (χ1) is 19.7. The van der Waals surface area contributed by atoms with E-state index in [9.17, 15) is 0 Å². The van der Waals surface area contributed by atoms with Crippen LogP contribution in [0, 0.1) is 23.7 Å². The maximum atomic E-state index is 2.34. The molecule has 0 fully saturated rings.